The lowest BCUT2D eigenvalue weighted by atomic mass is 9.96. The van der Waals surface area contributed by atoms with Crippen molar-refractivity contribution in [1.29, 1.82) is 0 Å². The lowest BCUT2D eigenvalue weighted by Crippen LogP contribution is -2.45. The van der Waals surface area contributed by atoms with E-state index in [4.69, 9.17) is 0 Å². The van der Waals surface area contributed by atoms with Gasteiger partial charge in [0, 0.05) is 12.1 Å². The molecule has 1 saturated heterocycles. The summed E-state index contributed by atoms with van der Waals surface area (Å²) in [5, 5.41) is 0. The Bertz CT molecular complexity index is 159. The second-order valence-corrected chi connectivity index (χ2v) is 5.11. The predicted octanol–water partition coefficient (Wildman–Crippen LogP) is 3.58. The molecule has 2 fully saturated rings. The van der Waals surface area contributed by atoms with Crippen LogP contribution in [0.2, 0.25) is 0 Å². The van der Waals surface area contributed by atoms with E-state index in [1.807, 2.05) is 0 Å². The minimum absolute atomic E-state index is 0.942. The highest BCUT2D eigenvalue weighted by atomic mass is 15.2. The molecular formula is C13H25N. The van der Waals surface area contributed by atoms with Crippen molar-refractivity contribution >= 4 is 0 Å². The van der Waals surface area contributed by atoms with Gasteiger partial charge in [0.05, 0.1) is 0 Å². The van der Waals surface area contributed by atoms with Crippen molar-refractivity contribution in [3.8, 4) is 0 Å². The van der Waals surface area contributed by atoms with E-state index < -0.39 is 0 Å². The third-order valence-corrected chi connectivity index (χ3v) is 4.09. The largest absolute Gasteiger partial charge is 0.297 e. The summed E-state index contributed by atoms with van der Waals surface area (Å²) in [6.45, 7) is 3.73. The first-order valence-corrected chi connectivity index (χ1v) is 6.67. The van der Waals surface area contributed by atoms with Crippen molar-refractivity contribution in [3.05, 3.63) is 0 Å². The molecule has 0 spiro atoms. The first-order valence-electron chi connectivity index (χ1n) is 6.67. The predicted molar refractivity (Wildman–Crippen MR) is 61.5 cm³/mol. The Morgan fingerprint density at radius 3 is 2.43 bits per heavy atom. The fraction of sp³-hybridized carbons (Fsp3) is 1.00. The molecule has 1 aliphatic carbocycles. The molecule has 0 radical (unpaired) electrons. The quantitative estimate of drug-likeness (QED) is 0.665. The number of rotatable bonds is 3. The molecule has 82 valence electrons. The van der Waals surface area contributed by atoms with Gasteiger partial charge >= 0.3 is 0 Å². The lowest BCUT2D eigenvalue weighted by molar-refractivity contribution is 0.0907. The summed E-state index contributed by atoms with van der Waals surface area (Å²) in [5.74, 6) is 0. The van der Waals surface area contributed by atoms with Gasteiger partial charge in [-0.2, -0.15) is 0 Å². The third kappa shape index (κ3) is 2.31. The zero-order valence-corrected chi connectivity index (χ0v) is 9.67. The molecule has 0 aromatic heterocycles. The Labute approximate surface area is 88.9 Å². The molecule has 0 aromatic carbocycles. The summed E-state index contributed by atoms with van der Waals surface area (Å²) in [6.07, 6.45) is 13.2. The average molecular weight is 195 g/mol. The van der Waals surface area contributed by atoms with Crippen LogP contribution in [0.15, 0.2) is 0 Å². The summed E-state index contributed by atoms with van der Waals surface area (Å²) in [7, 11) is 0. The second-order valence-electron chi connectivity index (χ2n) is 5.11. The molecular weight excluding hydrogens is 170 g/mol. The van der Waals surface area contributed by atoms with Gasteiger partial charge in [0.25, 0.3) is 0 Å². The van der Waals surface area contributed by atoms with Crippen LogP contribution in [0.1, 0.15) is 64.7 Å². The minimum atomic E-state index is 0.942. The van der Waals surface area contributed by atoms with Crippen LogP contribution in [0.5, 0.6) is 0 Å². The highest BCUT2D eigenvalue weighted by Gasteiger charge is 2.29. The van der Waals surface area contributed by atoms with Crippen LogP contribution >= 0.6 is 0 Å². The molecule has 1 saturated carbocycles. The average Bonchev–Trinajstić information content (AvgIpc) is 2.72. The Morgan fingerprint density at radius 2 is 1.71 bits per heavy atom. The van der Waals surface area contributed by atoms with Crippen molar-refractivity contribution < 1.29 is 0 Å². The van der Waals surface area contributed by atoms with Crippen LogP contribution in [-0.2, 0) is 0 Å². The molecule has 0 amide bonds. The molecule has 0 N–H and O–H groups in total. The fourth-order valence-electron chi connectivity index (χ4n) is 3.38. The molecule has 2 rings (SSSR count). The van der Waals surface area contributed by atoms with Gasteiger partial charge in [-0.25, -0.2) is 0 Å². The fourth-order valence-corrected chi connectivity index (χ4v) is 3.38. The van der Waals surface area contributed by atoms with E-state index in [1.54, 1.807) is 0 Å². The second kappa shape index (κ2) is 5.16. The van der Waals surface area contributed by atoms with Crippen LogP contribution < -0.4 is 0 Å². The Balaban J connectivity index is 1.91. The molecule has 2 aliphatic rings. The monoisotopic (exact) mass is 195 g/mol. The van der Waals surface area contributed by atoms with E-state index in [0.717, 1.165) is 12.1 Å². The molecule has 1 nitrogen and oxygen atoms in total. The number of nitrogens with zero attached hydrogens (tertiary/aromatic N) is 1. The Morgan fingerprint density at radius 1 is 1.00 bits per heavy atom. The van der Waals surface area contributed by atoms with E-state index in [9.17, 15) is 0 Å². The van der Waals surface area contributed by atoms with Crippen molar-refractivity contribution in [2.75, 3.05) is 6.54 Å². The molecule has 1 heterocycles. The third-order valence-electron chi connectivity index (χ3n) is 4.09. The first kappa shape index (κ1) is 10.5. The van der Waals surface area contributed by atoms with Crippen molar-refractivity contribution in [3.63, 3.8) is 0 Å². The van der Waals surface area contributed by atoms with Crippen molar-refractivity contribution in [2.24, 2.45) is 0 Å². The van der Waals surface area contributed by atoms with Gasteiger partial charge in [0.2, 0.25) is 0 Å². The van der Waals surface area contributed by atoms with Crippen molar-refractivity contribution in [2.45, 2.75) is 76.8 Å². The van der Waals surface area contributed by atoms with E-state index in [1.165, 1.54) is 64.3 Å². The zero-order chi connectivity index (χ0) is 9.80. The highest BCUT2D eigenvalue weighted by molar-refractivity contribution is 4.85. The molecule has 1 aliphatic heterocycles. The molecule has 0 aromatic rings. The van der Waals surface area contributed by atoms with Gasteiger partial charge in [0.1, 0.15) is 0 Å². The van der Waals surface area contributed by atoms with Crippen LogP contribution in [0.25, 0.3) is 0 Å². The standard InChI is InChI=1S/C13H25N/c1-2-7-12-10-5-6-11-14(12)13-8-3-4-9-13/h12-13H,2-11H2,1H3. The maximum Gasteiger partial charge on any atom is 0.00981 e. The number of piperidine rings is 1. The van der Waals surface area contributed by atoms with Gasteiger partial charge < -0.3 is 0 Å². The van der Waals surface area contributed by atoms with Crippen LogP contribution in [-0.4, -0.2) is 23.5 Å². The Kier molecular flexibility index (Phi) is 3.86. The van der Waals surface area contributed by atoms with Gasteiger partial charge in [-0.15, -0.1) is 0 Å². The maximum absolute atomic E-state index is 2.86. The van der Waals surface area contributed by atoms with Gasteiger partial charge in [0.15, 0.2) is 0 Å². The maximum atomic E-state index is 2.86. The van der Waals surface area contributed by atoms with Crippen LogP contribution in [0, 0.1) is 0 Å². The molecule has 0 bridgehead atoms. The normalized spacial score (nSPS) is 31.1. The topological polar surface area (TPSA) is 3.24 Å². The minimum Gasteiger partial charge on any atom is -0.297 e. The SMILES string of the molecule is CCCC1CCCCN1C1CCCC1. The summed E-state index contributed by atoms with van der Waals surface area (Å²) in [4.78, 5) is 2.86. The number of likely N-dealkylation sites (tertiary alicyclic amines) is 1. The van der Waals surface area contributed by atoms with Gasteiger partial charge in [-0.05, 0) is 38.6 Å². The first-order chi connectivity index (χ1) is 6.92. The summed E-state index contributed by atoms with van der Waals surface area (Å²) in [6, 6.07) is 1.91. The van der Waals surface area contributed by atoms with Crippen molar-refractivity contribution in [1.82, 2.24) is 4.90 Å². The molecule has 1 heteroatoms. The molecule has 1 unspecified atom stereocenters. The summed E-state index contributed by atoms with van der Waals surface area (Å²) < 4.78 is 0. The number of hydrogen-bond donors (Lipinski definition) is 0. The molecule has 14 heavy (non-hydrogen) atoms. The van der Waals surface area contributed by atoms with Gasteiger partial charge in [-0.1, -0.05) is 32.6 Å². The summed E-state index contributed by atoms with van der Waals surface area (Å²) in [5.41, 5.74) is 0. The van der Waals surface area contributed by atoms with E-state index in [-0.39, 0.29) is 0 Å². The smallest absolute Gasteiger partial charge is 0.00981 e. The molecule has 1 atom stereocenters. The van der Waals surface area contributed by atoms with E-state index >= 15 is 0 Å². The summed E-state index contributed by atoms with van der Waals surface area (Å²) >= 11 is 0. The van der Waals surface area contributed by atoms with Gasteiger partial charge in [-0.3, -0.25) is 4.90 Å². The van der Waals surface area contributed by atoms with E-state index in [0.29, 0.717) is 0 Å². The number of hydrogen-bond acceptors (Lipinski definition) is 1. The Hall–Kier alpha value is -0.0400. The van der Waals surface area contributed by atoms with Crippen LogP contribution in [0.3, 0.4) is 0 Å². The lowest BCUT2D eigenvalue weighted by Gasteiger charge is -2.40. The van der Waals surface area contributed by atoms with Crippen LogP contribution in [0.4, 0.5) is 0 Å². The highest BCUT2D eigenvalue weighted by Crippen LogP contribution is 2.30. The van der Waals surface area contributed by atoms with E-state index in [2.05, 4.69) is 11.8 Å². The zero-order valence-electron chi connectivity index (χ0n) is 9.67.